The van der Waals surface area contributed by atoms with Gasteiger partial charge in [0.1, 0.15) is 5.76 Å². The largest absolute Gasteiger partial charge is 0.445 e. The minimum Gasteiger partial charge on any atom is -0.445 e. The topological polar surface area (TPSA) is 49.5 Å². The van der Waals surface area contributed by atoms with Crippen LogP contribution in [0.3, 0.4) is 0 Å². The Morgan fingerprint density at radius 3 is 3.12 bits per heavy atom. The van der Waals surface area contributed by atoms with Gasteiger partial charge in [-0.2, -0.15) is 0 Å². The predicted octanol–water partition coefficient (Wildman–Crippen LogP) is 1.41. The lowest BCUT2D eigenvalue weighted by Crippen LogP contribution is -2.19. The highest BCUT2D eigenvalue weighted by Crippen LogP contribution is 2.26. The number of likely N-dealkylation sites (N-methyl/N-ethyl adjacent to an activating group) is 1. The summed E-state index contributed by atoms with van der Waals surface area (Å²) in [5, 5.41) is 9.26. The van der Waals surface area contributed by atoms with Crippen molar-refractivity contribution in [2.45, 2.75) is 38.7 Å². The monoisotopic (exact) mass is 224 g/mol. The second kappa shape index (κ2) is 4.97. The minimum absolute atomic E-state index is 0.364. The summed E-state index contributed by atoms with van der Waals surface area (Å²) in [6.07, 6.45) is 3.06. The summed E-state index contributed by atoms with van der Waals surface area (Å²) in [5.74, 6) is 2.06. The molecule has 1 aromatic rings. The van der Waals surface area contributed by atoms with Crippen LogP contribution in [0.5, 0.6) is 0 Å². The van der Waals surface area contributed by atoms with Crippen LogP contribution in [-0.4, -0.2) is 40.7 Å². The third-order valence-corrected chi connectivity index (χ3v) is 3.14. The number of hydrogen-bond acceptors (Lipinski definition) is 4. The first-order valence-corrected chi connectivity index (χ1v) is 6.04. The van der Waals surface area contributed by atoms with Crippen LogP contribution >= 0.6 is 0 Å². The number of nitrogens with zero attached hydrogens (tertiary/aromatic N) is 2. The molecule has 90 valence electrons. The Hall–Kier alpha value is -0.870. The number of aliphatic hydroxyl groups excluding tert-OH is 1. The summed E-state index contributed by atoms with van der Waals surface area (Å²) in [6.45, 7) is 7.21. The van der Waals surface area contributed by atoms with Crippen LogP contribution in [0.2, 0.25) is 0 Å². The van der Waals surface area contributed by atoms with Crippen LogP contribution in [0, 0.1) is 0 Å². The molecule has 2 rings (SSSR count). The Morgan fingerprint density at radius 1 is 1.69 bits per heavy atom. The van der Waals surface area contributed by atoms with Gasteiger partial charge in [0.25, 0.3) is 0 Å². The summed E-state index contributed by atoms with van der Waals surface area (Å²) in [7, 11) is 0. The van der Waals surface area contributed by atoms with E-state index in [2.05, 4.69) is 16.8 Å². The number of aliphatic hydroxyl groups is 1. The second-order valence-electron chi connectivity index (χ2n) is 4.60. The van der Waals surface area contributed by atoms with Crippen LogP contribution < -0.4 is 0 Å². The van der Waals surface area contributed by atoms with E-state index in [1.807, 2.05) is 0 Å². The van der Waals surface area contributed by atoms with E-state index in [0.717, 1.165) is 37.7 Å². The quantitative estimate of drug-likeness (QED) is 0.840. The number of oxazole rings is 1. The normalized spacial score (nSPS) is 23.8. The van der Waals surface area contributed by atoms with Gasteiger partial charge in [-0.15, -0.1) is 0 Å². The lowest BCUT2D eigenvalue weighted by molar-refractivity contribution is 0.186. The van der Waals surface area contributed by atoms with E-state index >= 15 is 0 Å². The van der Waals surface area contributed by atoms with Crippen LogP contribution in [0.4, 0.5) is 0 Å². The van der Waals surface area contributed by atoms with E-state index in [9.17, 15) is 5.11 Å². The molecule has 4 heteroatoms. The molecular formula is C12H20N2O2. The van der Waals surface area contributed by atoms with E-state index in [4.69, 9.17) is 4.42 Å². The van der Waals surface area contributed by atoms with Gasteiger partial charge in [-0.3, -0.25) is 0 Å². The van der Waals surface area contributed by atoms with Crippen molar-refractivity contribution in [3.63, 3.8) is 0 Å². The Labute approximate surface area is 96.3 Å². The third-order valence-electron chi connectivity index (χ3n) is 3.14. The van der Waals surface area contributed by atoms with Gasteiger partial charge in [-0.1, -0.05) is 6.92 Å². The molecule has 0 aromatic carbocycles. The molecule has 0 amide bonds. The van der Waals surface area contributed by atoms with Crippen molar-refractivity contribution < 1.29 is 9.52 Å². The number of rotatable bonds is 4. The van der Waals surface area contributed by atoms with Crippen molar-refractivity contribution in [2.75, 3.05) is 19.6 Å². The fourth-order valence-corrected chi connectivity index (χ4v) is 2.22. The molecular weight excluding hydrogens is 204 g/mol. The Bertz CT molecular complexity index is 336. The third kappa shape index (κ3) is 2.62. The lowest BCUT2D eigenvalue weighted by Gasteiger charge is -2.10. The zero-order valence-corrected chi connectivity index (χ0v) is 10.0. The molecule has 1 N–H and O–H groups in total. The van der Waals surface area contributed by atoms with Gasteiger partial charge in [0.2, 0.25) is 0 Å². The van der Waals surface area contributed by atoms with Crippen LogP contribution in [-0.2, 0) is 6.42 Å². The van der Waals surface area contributed by atoms with E-state index in [1.54, 1.807) is 13.1 Å². The van der Waals surface area contributed by atoms with Crippen LogP contribution in [0.25, 0.3) is 0 Å². The summed E-state index contributed by atoms with van der Waals surface area (Å²) < 4.78 is 5.67. The van der Waals surface area contributed by atoms with Crippen molar-refractivity contribution in [1.82, 2.24) is 9.88 Å². The van der Waals surface area contributed by atoms with Gasteiger partial charge in [-0.25, -0.2) is 4.98 Å². The molecule has 1 aromatic heterocycles. The fourth-order valence-electron chi connectivity index (χ4n) is 2.22. The first kappa shape index (κ1) is 11.6. The molecule has 0 spiro atoms. The van der Waals surface area contributed by atoms with Gasteiger partial charge >= 0.3 is 0 Å². The van der Waals surface area contributed by atoms with Gasteiger partial charge in [0.05, 0.1) is 12.3 Å². The minimum atomic E-state index is -0.364. The number of aromatic nitrogens is 1. The second-order valence-corrected chi connectivity index (χ2v) is 4.60. The van der Waals surface area contributed by atoms with Gasteiger partial charge in [0.15, 0.2) is 5.89 Å². The smallest absolute Gasteiger partial charge is 0.198 e. The molecule has 1 fully saturated rings. The van der Waals surface area contributed by atoms with Gasteiger partial charge < -0.3 is 14.4 Å². The average molecular weight is 224 g/mol. The van der Waals surface area contributed by atoms with Crippen molar-refractivity contribution in [3.05, 3.63) is 17.8 Å². The molecule has 1 aliphatic heterocycles. The van der Waals surface area contributed by atoms with E-state index < -0.39 is 0 Å². The zero-order valence-electron chi connectivity index (χ0n) is 10.0. The van der Waals surface area contributed by atoms with Crippen molar-refractivity contribution in [1.29, 1.82) is 0 Å². The molecule has 2 atom stereocenters. The van der Waals surface area contributed by atoms with Crippen LogP contribution in [0.15, 0.2) is 10.6 Å². The highest BCUT2D eigenvalue weighted by atomic mass is 16.4. The summed E-state index contributed by atoms with van der Waals surface area (Å²) in [6, 6.07) is 0. The zero-order chi connectivity index (χ0) is 11.5. The van der Waals surface area contributed by atoms with Crippen molar-refractivity contribution in [3.8, 4) is 0 Å². The highest BCUT2D eigenvalue weighted by Gasteiger charge is 2.26. The first-order valence-electron chi connectivity index (χ1n) is 6.04. The fraction of sp³-hybridized carbons (Fsp3) is 0.750. The molecule has 1 aliphatic rings. The molecule has 2 heterocycles. The predicted molar refractivity (Wildman–Crippen MR) is 61.4 cm³/mol. The van der Waals surface area contributed by atoms with E-state index in [1.165, 1.54) is 0 Å². The highest BCUT2D eigenvalue weighted by molar-refractivity contribution is 5.02. The van der Waals surface area contributed by atoms with E-state index in [-0.39, 0.29) is 6.10 Å². The Morgan fingerprint density at radius 2 is 2.50 bits per heavy atom. The van der Waals surface area contributed by atoms with E-state index in [0.29, 0.717) is 12.3 Å². The van der Waals surface area contributed by atoms with Crippen molar-refractivity contribution >= 4 is 0 Å². The standard InChI is InChI=1S/C12H20N2O2/c1-3-14-5-4-10(8-14)12-13-7-11(16-12)6-9(2)15/h7,9-10,15H,3-6,8H2,1-2H3. The first-order chi connectivity index (χ1) is 7.69. The molecule has 0 saturated carbocycles. The molecule has 0 bridgehead atoms. The molecule has 4 nitrogen and oxygen atoms in total. The van der Waals surface area contributed by atoms with Gasteiger partial charge in [-0.05, 0) is 26.4 Å². The SMILES string of the molecule is CCN1CCC(c2ncc(CC(C)O)o2)C1. The van der Waals surface area contributed by atoms with Crippen molar-refractivity contribution in [2.24, 2.45) is 0 Å². The summed E-state index contributed by atoms with van der Waals surface area (Å²) >= 11 is 0. The molecule has 0 radical (unpaired) electrons. The summed E-state index contributed by atoms with van der Waals surface area (Å²) in [4.78, 5) is 6.72. The molecule has 2 unspecified atom stereocenters. The molecule has 16 heavy (non-hydrogen) atoms. The summed E-state index contributed by atoms with van der Waals surface area (Å²) in [5.41, 5.74) is 0. The lowest BCUT2D eigenvalue weighted by atomic mass is 10.1. The molecule has 1 saturated heterocycles. The number of hydrogen-bond donors (Lipinski definition) is 1. The Balaban J connectivity index is 1.97. The Kier molecular flexibility index (Phi) is 3.61. The maximum absolute atomic E-state index is 9.26. The van der Waals surface area contributed by atoms with Gasteiger partial charge in [0, 0.05) is 18.9 Å². The average Bonchev–Trinajstić information content (AvgIpc) is 2.83. The maximum atomic E-state index is 9.26. The van der Waals surface area contributed by atoms with Crippen LogP contribution in [0.1, 0.15) is 37.8 Å². The maximum Gasteiger partial charge on any atom is 0.198 e. The number of likely N-dealkylation sites (tertiary alicyclic amines) is 1. The molecule has 0 aliphatic carbocycles.